The highest BCUT2D eigenvalue weighted by molar-refractivity contribution is 5.66. The first-order chi connectivity index (χ1) is 9.63. The van der Waals surface area contributed by atoms with Crippen LogP contribution in [0.25, 0.3) is 22.8 Å². The van der Waals surface area contributed by atoms with Crippen molar-refractivity contribution >= 4 is 0 Å². The highest BCUT2D eigenvalue weighted by Gasteiger charge is 2.14. The Morgan fingerprint density at radius 1 is 1.05 bits per heavy atom. The van der Waals surface area contributed by atoms with Crippen LogP contribution in [0.4, 0.5) is 0 Å². The summed E-state index contributed by atoms with van der Waals surface area (Å²) in [6.45, 7) is 1.98. The molecule has 0 fully saturated rings. The Hall–Kier alpha value is -2.82. The van der Waals surface area contributed by atoms with Crippen molar-refractivity contribution < 1.29 is 14.7 Å². The minimum Gasteiger partial charge on any atom is -0.508 e. The number of benzene rings is 2. The van der Waals surface area contributed by atoms with Crippen molar-refractivity contribution in [3.63, 3.8) is 0 Å². The van der Waals surface area contributed by atoms with E-state index in [1.165, 1.54) is 18.2 Å². The fourth-order valence-electron chi connectivity index (χ4n) is 1.93. The molecule has 5 heteroatoms. The molecule has 20 heavy (non-hydrogen) atoms. The van der Waals surface area contributed by atoms with Crippen LogP contribution in [0.3, 0.4) is 0 Å². The van der Waals surface area contributed by atoms with E-state index in [0.29, 0.717) is 11.4 Å². The molecule has 3 rings (SSSR count). The van der Waals surface area contributed by atoms with Crippen molar-refractivity contribution in [3.8, 4) is 34.3 Å². The molecule has 3 aromatic rings. The quantitative estimate of drug-likeness (QED) is 0.698. The van der Waals surface area contributed by atoms with Crippen molar-refractivity contribution in [1.82, 2.24) is 10.1 Å². The van der Waals surface area contributed by atoms with Crippen LogP contribution in [-0.2, 0) is 0 Å². The van der Waals surface area contributed by atoms with Crippen molar-refractivity contribution in [2.24, 2.45) is 0 Å². The minimum atomic E-state index is -0.0257. The molecule has 100 valence electrons. The van der Waals surface area contributed by atoms with E-state index < -0.39 is 0 Å². The SMILES string of the molecule is Cc1cccc(-c2noc(-c3cc(O)ccc3O)n2)c1. The molecule has 0 amide bonds. The van der Waals surface area contributed by atoms with Gasteiger partial charge in [0, 0.05) is 5.56 Å². The standard InChI is InChI=1S/C15H12N2O3/c1-9-3-2-4-10(7-9)14-16-15(20-17-14)12-8-11(18)5-6-13(12)19/h2-8,18-19H,1H3. The fourth-order valence-corrected chi connectivity index (χ4v) is 1.93. The number of nitrogens with zero attached hydrogens (tertiary/aromatic N) is 2. The van der Waals surface area contributed by atoms with Gasteiger partial charge in [0.05, 0.1) is 5.56 Å². The molecule has 5 nitrogen and oxygen atoms in total. The van der Waals surface area contributed by atoms with Crippen LogP contribution in [0, 0.1) is 6.92 Å². The maximum Gasteiger partial charge on any atom is 0.262 e. The van der Waals surface area contributed by atoms with Crippen LogP contribution in [0.15, 0.2) is 47.0 Å². The van der Waals surface area contributed by atoms with Gasteiger partial charge in [-0.1, -0.05) is 28.9 Å². The van der Waals surface area contributed by atoms with E-state index >= 15 is 0 Å². The molecule has 0 saturated heterocycles. The molecule has 1 aromatic heterocycles. The Balaban J connectivity index is 2.04. The number of aromatic nitrogens is 2. The van der Waals surface area contributed by atoms with Crippen LogP contribution >= 0.6 is 0 Å². The van der Waals surface area contributed by atoms with E-state index in [2.05, 4.69) is 10.1 Å². The van der Waals surface area contributed by atoms with Crippen LogP contribution in [0.2, 0.25) is 0 Å². The predicted molar refractivity (Wildman–Crippen MR) is 73.2 cm³/mol. The summed E-state index contributed by atoms with van der Waals surface area (Å²) in [4.78, 5) is 4.24. The summed E-state index contributed by atoms with van der Waals surface area (Å²) in [7, 11) is 0. The van der Waals surface area contributed by atoms with Gasteiger partial charge in [-0.3, -0.25) is 0 Å². The summed E-state index contributed by atoms with van der Waals surface area (Å²) in [5.74, 6) is 0.594. The Morgan fingerprint density at radius 3 is 2.70 bits per heavy atom. The summed E-state index contributed by atoms with van der Waals surface area (Å²) in [5.41, 5.74) is 2.23. The lowest BCUT2D eigenvalue weighted by Gasteiger charge is -1.99. The van der Waals surface area contributed by atoms with Gasteiger partial charge in [0.15, 0.2) is 0 Å². The highest BCUT2D eigenvalue weighted by Crippen LogP contribution is 2.32. The maximum atomic E-state index is 9.77. The van der Waals surface area contributed by atoms with Gasteiger partial charge in [0.1, 0.15) is 11.5 Å². The molecule has 0 spiro atoms. The molecule has 0 aliphatic heterocycles. The van der Waals surface area contributed by atoms with Crippen molar-refractivity contribution in [1.29, 1.82) is 0 Å². The van der Waals surface area contributed by atoms with E-state index in [9.17, 15) is 10.2 Å². The highest BCUT2D eigenvalue weighted by atomic mass is 16.5. The smallest absolute Gasteiger partial charge is 0.262 e. The zero-order valence-corrected chi connectivity index (χ0v) is 10.7. The maximum absolute atomic E-state index is 9.77. The van der Waals surface area contributed by atoms with E-state index in [0.717, 1.165) is 11.1 Å². The van der Waals surface area contributed by atoms with Gasteiger partial charge in [0.25, 0.3) is 5.89 Å². The minimum absolute atomic E-state index is 0.0214. The Morgan fingerprint density at radius 2 is 1.90 bits per heavy atom. The summed E-state index contributed by atoms with van der Waals surface area (Å²) in [5, 5.41) is 23.1. The summed E-state index contributed by atoms with van der Waals surface area (Å²) >= 11 is 0. The second kappa shape index (κ2) is 4.70. The van der Waals surface area contributed by atoms with Crippen LogP contribution in [0.5, 0.6) is 11.5 Å². The topological polar surface area (TPSA) is 79.4 Å². The van der Waals surface area contributed by atoms with Crippen LogP contribution in [0.1, 0.15) is 5.56 Å². The number of aryl methyl sites for hydroxylation is 1. The first kappa shape index (κ1) is 12.2. The molecule has 0 unspecified atom stereocenters. The molecule has 0 saturated carbocycles. The van der Waals surface area contributed by atoms with Crippen LogP contribution in [-0.4, -0.2) is 20.4 Å². The number of hydrogen-bond acceptors (Lipinski definition) is 5. The largest absolute Gasteiger partial charge is 0.508 e. The number of rotatable bonds is 2. The lowest BCUT2D eigenvalue weighted by Crippen LogP contribution is -1.83. The molecule has 0 radical (unpaired) electrons. The number of aromatic hydroxyl groups is 2. The van der Waals surface area contributed by atoms with Gasteiger partial charge >= 0.3 is 0 Å². The molecule has 2 aromatic carbocycles. The first-order valence-electron chi connectivity index (χ1n) is 6.06. The van der Waals surface area contributed by atoms with Crippen molar-refractivity contribution in [2.75, 3.05) is 0 Å². The Kier molecular flexibility index (Phi) is 2.87. The van der Waals surface area contributed by atoms with E-state index in [4.69, 9.17) is 4.52 Å². The van der Waals surface area contributed by atoms with Gasteiger partial charge < -0.3 is 14.7 Å². The van der Waals surface area contributed by atoms with Gasteiger partial charge in [-0.05, 0) is 31.2 Å². The molecular weight excluding hydrogens is 256 g/mol. The first-order valence-corrected chi connectivity index (χ1v) is 6.06. The fraction of sp³-hybridized carbons (Fsp3) is 0.0667. The summed E-state index contributed by atoms with van der Waals surface area (Å²) in [6.07, 6.45) is 0. The van der Waals surface area contributed by atoms with Gasteiger partial charge in [0.2, 0.25) is 5.82 Å². The molecule has 0 bridgehead atoms. The van der Waals surface area contributed by atoms with E-state index in [1.54, 1.807) is 0 Å². The average molecular weight is 268 g/mol. The average Bonchev–Trinajstić information content (AvgIpc) is 2.91. The van der Waals surface area contributed by atoms with Gasteiger partial charge in [-0.25, -0.2) is 0 Å². The summed E-state index contributed by atoms with van der Waals surface area (Å²) in [6, 6.07) is 11.8. The lowest BCUT2D eigenvalue weighted by molar-refractivity contribution is 0.423. The van der Waals surface area contributed by atoms with Crippen molar-refractivity contribution in [2.45, 2.75) is 6.92 Å². The van der Waals surface area contributed by atoms with E-state index in [-0.39, 0.29) is 17.4 Å². The number of phenolic OH excluding ortho intramolecular Hbond substituents is 2. The molecule has 2 N–H and O–H groups in total. The molecule has 0 aliphatic rings. The zero-order chi connectivity index (χ0) is 14.1. The predicted octanol–water partition coefficient (Wildman–Crippen LogP) is 3.12. The normalized spacial score (nSPS) is 10.7. The number of hydrogen-bond donors (Lipinski definition) is 2. The molecule has 0 aliphatic carbocycles. The molecular formula is C15H12N2O3. The third-order valence-electron chi connectivity index (χ3n) is 2.91. The lowest BCUT2D eigenvalue weighted by atomic mass is 10.1. The monoisotopic (exact) mass is 268 g/mol. The van der Waals surface area contributed by atoms with E-state index in [1.807, 2.05) is 31.2 Å². The Labute approximate surface area is 115 Å². The third-order valence-corrected chi connectivity index (χ3v) is 2.91. The molecule has 0 atom stereocenters. The van der Waals surface area contributed by atoms with Gasteiger partial charge in [-0.2, -0.15) is 4.98 Å². The van der Waals surface area contributed by atoms with Crippen LogP contribution < -0.4 is 0 Å². The van der Waals surface area contributed by atoms with Crippen molar-refractivity contribution in [3.05, 3.63) is 48.0 Å². The second-order valence-electron chi connectivity index (χ2n) is 4.49. The zero-order valence-electron chi connectivity index (χ0n) is 10.7. The number of phenols is 2. The third kappa shape index (κ3) is 2.21. The second-order valence-corrected chi connectivity index (χ2v) is 4.49. The summed E-state index contributed by atoms with van der Waals surface area (Å²) < 4.78 is 5.15. The van der Waals surface area contributed by atoms with Gasteiger partial charge in [-0.15, -0.1) is 0 Å². The Bertz CT molecular complexity index is 765. The molecule has 1 heterocycles.